The summed E-state index contributed by atoms with van der Waals surface area (Å²) < 4.78 is 72.3. The van der Waals surface area contributed by atoms with E-state index in [0.29, 0.717) is 54.1 Å². The van der Waals surface area contributed by atoms with Crippen LogP contribution in [0, 0.1) is 17.5 Å². The van der Waals surface area contributed by atoms with E-state index in [0.717, 1.165) is 17.5 Å². The summed E-state index contributed by atoms with van der Waals surface area (Å²) in [5, 5.41) is 0.851. The number of rotatable bonds is 7. The summed E-state index contributed by atoms with van der Waals surface area (Å²) in [6, 6.07) is 20.8. The van der Waals surface area contributed by atoms with Crippen LogP contribution in [-0.2, 0) is 10.0 Å². The molecule has 236 valence electrons. The van der Waals surface area contributed by atoms with Gasteiger partial charge in [-0.2, -0.15) is 0 Å². The quantitative estimate of drug-likeness (QED) is 0.161. The smallest absolute Gasteiger partial charge is 0.262 e. The average Bonchev–Trinajstić information content (AvgIpc) is 3.06. The highest BCUT2D eigenvalue weighted by atomic mass is 32.2. The molecule has 5 aromatic rings. The predicted octanol–water partition coefficient (Wildman–Crippen LogP) is 6.22. The number of para-hydroxylation sites is 1. The second-order valence-corrected chi connectivity index (χ2v) is 12.7. The minimum absolute atomic E-state index is 0.0186. The van der Waals surface area contributed by atoms with Gasteiger partial charge in [0.2, 0.25) is 0 Å². The topological polar surface area (TPSA) is 109 Å². The summed E-state index contributed by atoms with van der Waals surface area (Å²) in [6.45, 7) is 2.84. The summed E-state index contributed by atoms with van der Waals surface area (Å²) in [6.07, 6.45) is 1.64. The molecule has 0 radical (unpaired) electrons. The number of carbonyl (C=O) groups excluding carboxylic acids is 1. The van der Waals surface area contributed by atoms with Gasteiger partial charge in [0.1, 0.15) is 5.82 Å². The monoisotopic (exact) mass is 645 g/mol. The number of amides is 1. The van der Waals surface area contributed by atoms with Crippen LogP contribution in [0.4, 0.5) is 24.5 Å². The number of hydrogen-bond acceptors (Lipinski definition) is 6. The highest BCUT2D eigenvalue weighted by molar-refractivity contribution is 7.92. The maximum absolute atomic E-state index is 14.3. The number of nitrogen functional groups attached to an aromatic ring is 1. The van der Waals surface area contributed by atoms with Gasteiger partial charge in [-0.25, -0.2) is 21.6 Å². The minimum Gasteiger partial charge on any atom is -0.399 e. The largest absolute Gasteiger partial charge is 0.399 e. The molecule has 4 aromatic carbocycles. The molecule has 46 heavy (non-hydrogen) atoms. The third-order valence-electron chi connectivity index (χ3n) is 8.25. The van der Waals surface area contributed by atoms with Crippen LogP contribution >= 0.6 is 0 Å². The van der Waals surface area contributed by atoms with E-state index in [9.17, 15) is 26.4 Å². The molecule has 1 atom stereocenters. The van der Waals surface area contributed by atoms with Crippen molar-refractivity contribution in [2.75, 3.05) is 36.6 Å². The van der Waals surface area contributed by atoms with E-state index >= 15 is 0 Å². The summed E-state index contributed by atoms with van der Waals surface area (Å²) >= 11 is 0. The molecule has 1 amide bonds. The predicted molar refractivity (Wildman–Crippen MR) is 171 cm³/mol. The lowest BCUT2D eigenvalue weighted by atomic mass is 10.0. The third kappa shape index (κ3) is 6.01. The van der Waals surface area contributed by atoms with Crippen LogP contribution in [0.15, 0.2) is 96.0 Å². The summed E-state index contributed by atoms with van der Waals surface area (Å²) in [5.41, 5.74) is 8.39. The molecule has 6 rings (SSSR count). The normalized spacial score (nSPS) is 14.7. The van der Waals surface area contributed by atoms with Gasteiger partial charge in [-0.05, 0) is 67.6 Å². The zero-order valence-electron chi connectivity index (χ0n) is 24.8. The molecular weight excluding hydrogens is 615 g/mol. The van der Waals surface area contributed by atoms with Crippen molar-refractivity contribution in [1.82, 2.24) is 14.8 Å². The number of nitrogens with one attached hydrogen (secondary N) is 1. The van der Waals surface area contributed by atoms with Gasteiger partial charge in [-0.15, -0.1) is 0 Å². The number of aromatic nitrogens is 1. The molecule has 0 saturated carbocycles. The zero-order chi connectivity index (χ0) is 32.6. The lowest BCUT2D eigenvalue weighted by Crippen LogP contribution is -2.49. The first-order chi connectivity index (χ1) is 22.0. The van der Waals surface area contributed by atoms with Crippen molar-refractivity contribution in [3.05, 3.63) is 120 Å². The number of fused-ring (bicyclic) bond motifs is 1. The van der Waals surface area contributed by atoms with Crippen LogP contribution in [0.5, 0.6) is 0 Å². The lowest BCUT2D eigenvalue weighted by Gasteiger charge is -2.38. The van der Waals surface area contributed by atoms with Gasteiger partial charge in [0, 0.05) is 77.4 Å². The Hall–Kier alpha value is -4.94. The van der Waals surface area contributed by atoms with E-state index in [2.05, 4.69) is 9.71 Å². The molecule has 12 heteroatoms. The van der Waals surface area contributed by atoms with E-state index in [-0.39, 0.29) is 22.1 Å². The first-order valence-corrected chi connectivity index (χ1v) is 16.0. The molecule has 0 aliphatic carbocycles. The fourth-order valence-corrected chi connectivity index (χ4v) is 7.07. The van der Waals surface area contributed by atoms with Crippen LogP contribution in [0.25, 0.3) is 22.0 Å². The number of hydrogen-bond donors (Lipinski definition) is 2. The number of carbonyl (C=O) groups is 1. The van der Waals surface area contributed by atoms with Gasteiger partial charge in [-0.1, -0.05) is 24.3 Å². The van der Waals surface area contributed by atoms with Crippen LogP contribution < -0.4 is 10.5 Å². The van der Waals surface area contributed by atoms with E-state index in [4.69, 9.17) is 5.73 Å². The summed E-state index contributed by atoms with van der Waals surface area (Å²) in [7, 11) is -4.09. The minimum atomic E-state index is -4.09. The Bertz CT molecular complexity index is 2040. The van der Waals surface area contributed by atoms with Crippen molar-refractivity contribution in [2.24, 2.45) is 0 Å². The number of benzene rings is 4. The summed E-state index contributed by atoms with van der Waals surface area (Å²) in [4.78, 5) is 21.1. The van der Waals surface area contributed by atoms with Crippen LogP contribution in [-0.4, -0.2) is 55.3 Å². The van der Waals surface area contributed by atoms with Crippen molar-refractivity contribution < 1.29 is 26.4 Å². The Morgan fingerprint density at radius 2 is 1.57 bits per heavy atom. The average molecular weight is 646 g/mol. The Balaban J connectivity index is 1.16. The standard InChI is InChI=1S/C34H30F3N5O3S/c1-21(31-28(35)12-13-29(36)32(31)37)41-16-18-42(19-17-41)34(43)23-7-10-25(11-8-23)40-46(44,45)30-14-9-24(38)20-27(30)26-6-2-4-22-5-3-15-39-33(22)26/h2-15,20-21,40H,16-19,38H2,1H3. The van der Waals surface area contributed by atoms with Gasteiger partial charge in [0.15, 0.2) is 11.6 Å². The molecule has 1 aliphatic rings. The van der Waals surface area contributed by atoms with Gasteiger partial charge in [-0.3, -0.25) is 19.4 Å². The molecular formula is C34H30F3N5O3S. The SMILES string of the molecule is CC(c1c(F)ccc(F)c1F)N1CCN(C(=O)c2ccc(NS(=O)(=O)c3ccc(N)cc3-c3cccc4cccnc34)cc2)CC1. The lowest BCUT2D eigenvalue weighted by molar-refractivity contribution is 0.0575. The van der Waals surface area contributed by atoms with E-state index in [1.165, 1.54) is 36.4 Å². The molecule has 0 spiro atoms. The first kappa shape index (κ1) is 31.1. The number of pyridine rings is 1. The zero-order valence-corrected chi connectivity index (χ0v) is 25.6. The Morgan fingerprint density at radius 1 is 0.870 bits per heavy atom. The Kier molecular flexibility index (Phi) is 8.41. The number of anilines is 2. The fourth-order valence-electron chi connectivity index (χ4n) is 5.81. The van der Waals surface area contributed by atoms with Crippen molar-refractivity contribution in [3.63, 3.8) is 0 Å². The van der Waals surface area contributed by atoms with Gasteiger partial charge < -0.3 is 10.6 Å². The number of piperazine rings is 1. The van der Waals surface area contributed by atoms with E-state index in [1.807, 2.05) is 18.2 Å². The Morgan fingerprint density at radius 3 is 2.30 bits per heavy atom. The second-order valence-electron chi connectivity index (χ2n) is 11.1. The molecule has 2 heterocycles. The van der Waals surface area contributed by atoms with Crippen LogP contribution in [0.2, 0.25) is 0 Å². The third-order valence-corrected chi connectivity index (χ3v) is 9.69. The number of nitrogens with zero attached hydrogens (tertiary/aromatic N) is 3. The van der Waals surface area contributed by atoms with Crippen molar-refractivity contribution in [2.45, 2.75) is 17.9 Å². The van der Waals surface area contributed by atoms with E-state index in [1.54, 1.807) is 41.1 Å². The molecule has 1 fully saturated rings. The molecule has 1 unspecified atom stereocenters. The van der Waals surface area contributed by atoms with Crippen LogP contribution in [0.3, 0.4) is 0 Å². The molecule has 1 aromatic heterocycles. The van der Waals surface area contributed by atoms with E-state index < -0.39 is 33.5 Å². The number of sulfonamides is 1. The highest BCUT2D eigenvalue weighted by Crippen LogP contribution is 2.35. The van der Waals surface area contributed by atoms with Crippen molar-refractivity contribution in [3.8, 4) is 11.1 Å². The van der Waals surface area contributed by atoms with Crippen molar-refractivity contribution in [1.29, 1.82) is 0 Å². The molecule has 1 aliphatic heterocycles. The number of nitrogens with two attached hydrogens (primary N) is 1. The maximum atomic E-state index is 14.3. The van der Waals surface area contributed by atoms with Gasteiger partial charge in [0.25, 0.3) is 15.9 Å². The van der Waals surface area contributed by atoms with Gasteiger partial charge >= 0.3 is 0 Å². The van der Waals surface area contributed by atoms with Crippen molar-refractivity contribution >= 4 is 38.2 Å². The maximum Gasteiger partial charge on any atom is 0.262 e. The molecule has 1 saturated heterocycles. The molecule has 8 nitrogen and oxygen atoms in total. The summed E-state index contributed by atoms with van der Waals surface area (Å²) in [5.74, 6) is -3.41. The van der Waals surface area contributed by atoms with Crippen LogP contribution in [0.1, 0.15) is 28.9 Å². The molecule has 0 bridgehead atoms. The fraction of sp³-hybridized carbons (Fsp3) is 0.176. The highest BCUT2D eigenvalue weighted by Gasteiger charge is 2.29. The van der Waals surface area contributed by atoms with Gasteiger partial charge in [0.05, 0.1) is 10.4 Å². The second kappa shape index (κ2) is 12.5. The first-order valence-electron chi connectivity index (χ1n) is 14.6. The Labute approximate surface area is 264 Å². The number of halogens is 3. The molecule has 3 N–H and O–H groups in total.